The molecule has 1 aliphatic heterocycles. The summed E-state index contributed by atoms with van der Waals surface area (Å²) in [5.74, 6) is -1.11. The minimum Gasteiger partial charge on any atom is -0.465 e. The van der Waals surface area contributed by atoms with Gasteiger partial charge in [-0.05, 0) is 18.2 Å². The van der Waals surface area contributed by atoms with Gasteiger partial charge in [0.05, 0.1) is 43.1 Å². The molecule has 0 aliphatic carbocycles. The first-order valence-corrected chi connectivity index (χ1v) is 9.02. The highest BCUT2D eigenvalue weighted by Gasteiger charge is 2.18. The van der Waals surface area contributed by atoms with E-state index in [-0.39, 0.29) is 18.0 Å². The van der Waals surface area contributed by atoms with Gasteiger partial charge >= 0.3 is 5.97 Å². The fourth-order valence-electron chi connectivity index (χ4n) is 2.66. The Bertz CT molecular complexity index is 692. The number of anilines is 1. The summed E-state index contributed by atoms with van der Waals surface area (Å²) in [4.78, 5) is 39.5. The quantitative estimate of drug-likeness (QED) is 0.696. The number of hydrogen-bond acceptors (Lipinski definition) is 6. The van der Waals surface area contributed by atoms with Gasteiger partial charge in [-0.15, -0.1) is 0 Å². The second-order valence-corrected chi connectivity index (χ2v) is 6.54. The number of carbonyl (C=O) groups is 3. The van der Waals surface area contributed by atoms with Gasteiger partial charge in [0, 0.05) is 33.1 Å². The largest absolute Gasteiger partial charge is 0.465 e. The molecule has 148 valence electrons. The summed E-state index contributed by atoms with van der Waals surface area (Å²) in [6, 6.07) is 4.45. The lowest BCUT2D eigenvalue weighted by Crippen LogP contribution is -2.44. The maximum absolute atomic E-state index is 12.4. The number of methoxy groups -OCH3 is 1. The molecule has 1 aliphatic rings. The van der Waals surface area contributed by atoms with Crippen LogP contribution in [0, 0.1) is 0 Å². The van der Waals surface area contributed by atoms with Crippen molar-refractivity contribution < 1.29 is 23.9 Å². The topological polar surface area (TPSA) is 88.2 Å². The van der Waals surface area contributed by atoms with Crippen molar-refractivity contribution in [3.05, 3.63) is 28.8 Å². The van der Waals surface area contributed by atoms with Crippen LogP contribution in [0.15, 0.2) is 18.2 Å². The number of nitrogens with one attached hydrogen (secondary N) is 1. The number of amides is 2. The van der Waals surface area contributed by atoms with E-state index in [1.165, 1.54) is 37.1 Å². The average Bonchev–Trinajstić information content (AvgIpc) is 2.66. The number of esters is 1. The van der Waals surface area contributed by atoms with Gasteiger partial charge in [0.25, 0.3) is 0 Å². The number of halogens is 1. The van der Waals surface area contributed by atoms with Crippen molar-refractivity contribution in [2.75, 3.05) is 58.4 Å². The second kappa shape index (κ2) is 10.2. The fourth-order valence-corrected chi connectivity index (χ4v) is 2.83. The molecule has 9 heteroatoms. The van der Waals surface area contributed by atoms with E-state index in [4.69, 9.17) is 16.3 Å². The lowest BCUT2D eigenvalue weighted by Gasteiger charge is -2.29. The lowest BCUT2D eigenvalue weighted by molar-refractivity contribution is -0.133. The molecule has 0 spiro atoms. The Kier molecular flexibility index (Phi) is 8.02. The predicted molar refractivity (Wildman–Crippen MR) is 101 cm³/mol. The maximum Gasteiger partial charge on any atom is 0.337 e. The SMILES string of the molecule is COC(=O)c1ccc(Cl)c(NC(=O)CN(CCN2CCOCC2)C(C)=O)c1. The summed E-state index contributed by atoms with van der Waals surface area (Å²) < 4.78 is 9.96. The highest BCUT2D eigenvalue weighted by Crippen LogP contribution is 2.23. The standard InChI is InChI=1S/C18H24ClN3O5/c1-13(23)22(6-5-21-7-9-27-10-8-21)12-17(24)20-16-11-14(18(25)26-2)3-4-15(16)19/h3-4,11H,5-10,12H2,1-2H3,(H,20,24). The maximum atomic E-state index is 12.4. The van der Waals surface area contributed by atoms with Gasteiger partial charge in [0.2, 0.25) is 11.8 Å². The van der Waals surface area contributed by atoms with E-state index < -0.39 is 11.9 Å². The van der Waals surface area contributed by atoms with Crippen molar-refractivity contribution in [1.82, 2.24) is 9.80 Å². The molecule has 0 aromatic heterocycles. The molecule has 27 heavy (non-hydrogen) atoms. The normalized spacial score (nSPS) is 14.5. The third kappa shape index (κ3) is 6.50. The molecule has 0 saturated carbocycles. The first kappa shape index (κ1) is 21.1. The van der Waals surface area contributed by atoms with Gasteiger partial charge in [-0.2, -0.15) is 0 Å². The third-order valence-electron chi connectivity index (χ3n) is 4.23. The van der Waals surface area contributed by atoms with Gasteiger partial charge in [0.1, 0.15) is 0 Å². The summed E-state index contributed by atoms with van der Waals surface area (Å²) in [6.07, 6.45) is 0. The molecule has 2 rings (SSSR count). The molecule has 0 bridgehead atoms. The Balaban J connectivity index is 1.95. The Morgan fingerprint density at radius 1 is 1.30 bits per heavy atom. The molecule has 1 heterocycles. The van der Waals surface area contributed by atoms with Crippen molar-refractivity contribution in [3.63, 3.8) is 0 Å². The van der Waals surface area contributed by atoms with E-state index in [2.05, 4.69) is 15.0 Å². The highest BCUT2D eigenvalue weighted by atomic mass is 35.5. The minimum atomic E-state index is -0.530. The Hall–Kier alpha value is -2.16. The van der Waals surface area contributed by atoms with Crippen LogP contribution in [0.25, 0.3) is 0 Å². The van der Waals surface area contributed by atoms with Crippen LogP contribution in [0.3, 0.4) is 0 Å². The number of ether oxygens (including phenoxy) is 2. The minimum absolute atomic E-state index is 0.0988. The second-order valence-electron chi connectivity index (χ2n) is 6.13. The van der Waals surface area contributed by atoms with E-state index in [1.807, 2.05) is 0 Å². The summed E-state index contributed by atoms with van der Waals surface area (Å²) >= 11 is 6.08. The van der Waals surface area contributed by atoms with E-state index >= 15 is 0 Å². The van der Waals surface area contributed by atoms with Crippen molar-refractivity contribution in [2.45, 2.75) is 6.92 Å². The summed E-state index contributed by atoms with van der Waals surface area (Å²) in [6.45, 7) is 5.43. The van der Waals surface area contributed by atoms with Crippen LogP contribution in [-0.4, -0.2) is 80.6 Å². The van der Waals surface area contributed by atoms with Gasteiger partial charge < -0.3 is 19.7 Å². The van der Waals surface area contributed by atoms with E-state index in [0.717, 1.165) is 13.1 Å². The predicted octanol–water partition coefficient (Wildman–Crippen LogP) is 1.25. The first-order valence-electron chi connectivity index (χ1n) is 8.64. The number of carbonyl (C=O) groups excluding carboxylic acids is 3. The van der Waals surface area contributed by atoms with Crippen molar-refractivity contribution >= 4 is 35.1 Å². The van der Waals surface area contributed by atoms with Crippen LogP contribution < -0.4 is 5.32 Å². The van der Waals surface area contributed by atoms with Gasteiger partial charge in [0.15, 0.2) is 0 Å². The zero-order chi connectivity index (χ0) is 19.8. The zero-order valence-corrected chi connectivity index (χ0v) is 16.3. The summed E-state index contributed by atoms with van der Waals surface area (Å²) in [7, 11) is 1.27. The molecule has 2 amide bonds. The molecule has 0 unspecified atom stereocenters. The van der Waals surface area contributed by atoms with Crippen molar-refractivity contribution in [1.29, 1.82) is 0 Å². The Labute approximate surface area is 163 Å². The summed E-state index contributed by atoms with van der Waals surface area (Å²) in [5, 5.41) is 2.94. The van der Waals surface area contributed by atoms with Crippen LogP contribution in [0.5, 0.6) is 0 Å². The number of benzene rings is 1. The molecule has 1 aromatic rings. The molecule has 1 fully saturated rings. The van der Waals surface area contributed by atoms with Gasteiger partial charge in [-0.1, -0.05) is 11.6 Å². The van der Waals surface area contributed by atoms with E-state index in [0.29, 0.717) is 37.0 Å². The smallest absolute Gasteiger partial charge is 0.337 e. The van der Waals surface area contributed by atoms with Crippen LogP contribution in [0.4, 0.5) is 5.69 Å². The molecular formula is C18H24ClN3O5. The molecular weight excluding hydrogens is 374 g/mol. The number of nitrogens with zero attached hydrogens (tertiary/aromatic N) is 2. The monoisotopic (exact) mass is 397 g/mol. The molecule has 1 saturated heterocycles. The van der Waals surface area contributed by atoms with Crippen LogP contribution in [0.1, 0.15) is 17.3 Å². The Morgan fingerprint density at radius 3 is 2.63 bits per heavy atom. The zero-order valence-electron chi connectivity index (χ0n) is 15.5. The molecule has 1 aromatic carbocycles. The average molecular weight is 398 g/mol. The summed E-state index contributed by atoms with van der Waals surface area (Å²) in [5.41, 5.74) is 0.564. The first-order chi connectivity index (χ1) is 12.9. The van der Waals surface area contributed by atoms with E-state index in [1.54, 1.807) is 0 Å². The van der Waals surface area contributed by atoms with E-state index in [9.17, 15) is 14.4 Å². The van der Waals surface area contributed by atoms with Crippen molar-refractivity contribution in [3.8, 4) is 0 Å². The fraction of sp³-hybridized carbons (Fsp3) is 0.500. The van der Waals surface area contributed by atoms with Gasteiger partial charge in [-0.25, -0.2) is 4.79 Å². The van der Waals surface area contributed by atoms with Crippen LogP contribution >= 0.6 is 11.6 Å². The number of hydrogen-bond donors (Lipinski definition) is 1. The molecule has 1 N–H and O–H groups in total. The van der Waals surface area contributed by atoms with Crippen LogP contribution in [0.2, 0.25) is 5.02 Å². The number of morpholine rings is 1. The Morgan fingerprint density at radius 2 is 2.00 bits per heavy atom. The third-order valence-corrected chi connectivity index (χ3v) is 4.56. The molecule has 0 atom stereocenters. The highest BCUT2D eigenvalue weighted by molar-refractivity contribution is 6.33. The van der Waals surface area contributed by atoms with Crippen LogP contribution in [-0.2, 0) is 19.1 Å². The molecule has 0 radical (unpaired) electrons. The molecule has 8 nitrogen and oxygen atoms in total. The lowest BCUT2D eigenvalue weighted by atomic mass is 10.2. The van der Waals surface area contributed by atoms with Crippen molar-refractivity contribution in [2.24, 2.45) is 0 Å². The number of rotatable bonds is 7. The van der Waals surface area contributed by atoms with Gasteiger partial charge in [-0.3, -0.25) is 14.5 Å².